The van der Waals surface area contributed by atoms with Crippen molar-refractivity contribution in [1.29, 1.82) is 5.26 Å². The van der Waals surface area contributed by atoms with Crippen LogP contribution in [0.2, 0.25) is 0 Å². The van der Waals surface area contributed by atoms with Crippen molar-refractivity contribution in [2.24, 2.45) is 11.3 Å². The van der Waals surface area contributed by atoms with Gasteiger partial charge in [0, 0.05) is 6.54 Å². The van der Waals surface area contributed by atoms with E-state index in [0.717, 1.165) is 19.0 Å². The molecular formula is C10H20N2. The van der Waals surface area contributed by atoms with Gasteiger partial charge in [0.15, 0.2) is 0 Å². The first kappa shape index (κ1) is 11.4. The average molecular weight is 168 g/mol. The van der Waals surface area contributed by atoms with Gasteiger partial charge in [-0.1, -0.05) is 13.8 Å². The summed E-state index contributed by atoms with van der Waals surface area (Å²) in [6, 6.07) is 2.27. The Morgan fingerprint density at radius 3 is 2.42 bits per heavy atom. The van der Waals surface area contributed by atoms with E-state index in [2.05, 4.69) is 25.2 Å². The van der Waals surface area contributed by atoms with Crippen LogP contribution in [0.1, 0.15) is 34.1 Å². The van der Waals surface area contributed by atoms with E-state index in [0.29, 0.717) is 0 Å². The van der Waals surface area contributed by atoms with Crippen LogP contribution >= 0.6 is 0 Å². The largest absolute Gasteiger partial charge is 0.315 e. The number of rotatable bonds is 5. The first-order valence-electron chi connectivity index (χ1n) is 4.60. The van der Waals surface area contributed by atoms with Gasteiger partial charge >= 0.3 is 0 Å². The molecule has 0 bridgehead atoms. The molecule has 0 spiro atoms. The zero-order valence-electron chi connectivity index (χ0n) is 8.65. The Hall–Kier alpha value is -0.550. The van der Waals surface area contributed by atoms with Gasteiger partial charge in [-0.05, 0) is 32.7 Å². The minimum absolute atomic E-state index is 0.225. The fourth-order valence-corrected chi connectivity index (χ4v) is 0.831. The monoisotopic (exact) mass is 168 g/mol. The van der Waals surface area contributed by atoms with Gasteiger partial charge < -0.3 is 5.32 Å². The number of nitrogens with zero attached hydrogens (tertiary/aromatic N) is 1. The van der Waals surface area contributed by atoms with Crippen LogP contribution in [-0.4, -0.2) is 13.1 Å². The van der Waals surface area contributed by atoms with Gasteiger partial charge in [-0.2, -0.15) is 5.26 Å². The first-order chi connectivity index (χ1) is 5.48. The standard InChI is InChI=1S/C10H20N2/c1-9(2)5-6-12-8-10(3,4)7-11/h9,12H,5-6,8H2,1-4H3. The number of nitriles is 1. The van der Waals surface area contributed by atoms with Crippen LogP contribution in [0.25, 0.3) is 0 Å². The van der Waals surface area contributed by atoms with Crippen molar-refractivity contribution in [3.63, 3.8) is 0 Å². The van der Waals surface area contributed by atoms with Gasteiger partial charge in [0.2, 0.25) is 0 Å². The maximum absolute atomic E-state index is 8.71. The Bertz CT molecular complexity index is 154. The zero-order valence-corrected chi connectivity index (χ0v) is 8.65. The van der Waals surface area contributed by atoms with Gasteiger partial charge in [-0.3, -0.25) is 0 Å². The summed E-state index contributed by atoms with van der Waals surface area (Å²) in [7, 11) is 0. The van der Waals surface area contributed by atoms with Crippen LogP contribution in [0.4, 0.5) is 0 Å². The van der Waals surface area contributed by atoms with Gasteiger partial charge in [-0.25, -0.2) is 0 Å². The molecule has 2 nitrogen and oxygen atoms in total. The molecule has 12 heavy (non-hydrogen) atoms. The summed E-state index contributed by atoms with van der Waals surface area (Å²) in [6.07, 6.45) is 1.18. The Morgan fingerprint density at radius 1 is 1.42 bits per heavy atom. The SMILES string of the molecule is CC(C)CCNCC(C)(C)C#N. The third-order valence-electron chi connectivity index (χ3n) is 1.77. The van der Waals surface area contributed by atoms with Crippen LogP contribution in [-0.2, 0) is 0 Å². The van der Waals surface area contributed by atoms with Crippen molar-refractivity contribution >= 4 is 0 Å². The molecule has 0 radical (unpaired) electrons. The lowest BCUT2D eigenvalue weighted by Crippen LogP contribution is -2.29. The van der Waals surface area contributed by atoms with Gasteiger partial charge in [0.1, 0.15) is 0 Å². The van der Waals surface area contributed by atoms with Crippen molar-refractivity contribution in [3.05, 3.63) is 0 Å². The molecule has 0 saturated carbocycles. The Kier molecular flexibility index (Phi) is 4.92. The van der Waals surface area contributed by atoms with E-state index in [1.807, 2.05) is 13.8 Å². The fourth-order valence-electron chi connectivity index (χ4n) is 0.831. The summed E-state index contributed by atoms with van der Waals surface area (Å²) >= 11 is 0. The molecule has 0 aromatic rings. The molecule has 2 heteroatoms. The molecular weight excluding hydrogens is 148 g/mol. The maximum atomic E-state index is 8.71. The molecule has 0 aromatic carbocycles. The van der Waals surface area contributed by atoms with Crippen LogP contribution < -0.4 is 5.32 Å². The van der Waals surface area contributed by atoms with Gasteiger partial charge in [0.05, 0.1) is 11.5 Å². The van der Waals surface area contributed by atoms with Crippen LogP contribution in [0.15, 0.2) is 0 Å². The van der Waals surface area contributed by atoms with Crippen molar-refractivity contribution < 1.29 is 0 Å². The van der Waals surface area contributed by atoms with Crippen LogP contribution in [0.5, 0.6) is 0 Å². The topological polar surface area (TPSA) is 35.8 Å². The van der Waals surface area contributed by atoms with Gasteiger partial charge in [-0.15, -0.1) is 0 Å². The van der Waals surface area contributed by atoms with Crippen molar-refractivity contribution in [1.82, 2.24) is 5.32 Å². The molecule has 0 aliphatic heterocycles. The highest BCUT2D eigenvalue weighted by Gasteiger charge is 2.14. The quantitative estimate of drug-likeness (QED) is 0.639. The molecule has 1 N–H and O–H groups in total. The highest BCUT2D eigenvalue weighted by atomic mass is 14.9. The fraction of sp³-hybridized carbons (Fsp3) is 0.900. The summed E-state index contributed by atoms with van der Waals surface area (Å²) in [5.74, 6) is 0.739. The van der Waals surface area contributed by atoms with E-state index in [1.165, 1.54) is 6.42 Å². The molecule has 0 rings (SSSR count). The number of hydrogen-bond donors (Lipinski definition) is 1. The second-order valence-electron chi connectivity index (χ2n) is 4.35. The molecule has 0 aliphatic rings. The minimum Gasteiger partial charge on any atom is -0.315 e. The summed E-state index contributed by atoms with van der Waals surface area (Å²) < 4.78 is 0. The highest BCUT2D eigenvalue weighted by Crippen LogP contribution is 2.10. The lowest BCUT2D eigenvalue weighted by molar-refractivity contribution is 0.428. The van der Waals surface area contributed by atoms with E-state index < -0.39 is 0 Å². The lowest BCUT2D eigenvalue weighted by atomic mass is 9.96. The average Bonchev–Trinajstić information content (AvgIpc) is 1.98. The first-order valence-corrected chi connectivity index (χ1v) is 4.60. The molecule has 0 amide bonds. The number of nitrogens with one attached hydrogen (secondary N) is 1. The smallest absolute Gasteiger partial charge is 0.0697 e. The molecule has 0 unspecified atom stereocenters. The normalized spacial score (nSPS) is 11.7. The summed E-state index contributed by atoms with van der Waals surface area (Å²) in [5, 5.41) is 12.0. The zero-order chi connectivity index (χ0) is 9.61. The van der Waals surface area contributed by atoms with E-state index in [-0.39, 0.29) is 5.41 Å². The van der Waals surface area contributed by atoms with E-state index in [4.69, 9.17) is 5.26 Å². The molecule has 0 aromatic heterocycles. The van der Waals surface area contributed by atoms with Crippen molar-refractivity contribution in [2.75, 3.05) is 13.1 Å². The van der Waals surface area contributed by atoms with Crippen LogP contribution in [0, 0.1) is 22.7 Å². The molecule has 0 saturated heterocycles. The van der Waals surface area contributed by atoms with Crippen molar-refractivity contribution in [2.45, 2.75) is 34.1 Å². The molecule has 0 aliphatic carbocycles. The lowest BCUT2D eigenvalue weighted by Gasteiger charge is -2.16. The summed E-state index contributed by atoms with van der Waals surface area (Å²) in [5.41, 5.74) is -0.225. The Labute approximate surface area is 76.0 Å². The molecule has 70 valence electrons. The predicted molar refractivity (Wildman–Crippen MR) is 51.7 cm³/mol. The number of hydrogen-bond acceptors (Lipinski definition) is 2. The summed E-state index contributed by atoms with van der Waals surface area (Å²) in [4.78, 5) is 0. The van der Waals surface area contributed by atoms with E-state index in [1.54, 1.807) is 0 Å². The Balaban J connectivity index is 3.39. The predicted octanol–water partition coefficient (Wildman–Crippen LogP) is 2.17. The summed E-state index contributed by atoms with van der Waals surface area (Å²) in [6.45, 7) is 10.1. The third kappa shape index (κ3) is 6.18. The Morgan fingerprint density at radius 2 is 2.00 bits per heavy atom. The minimum atomic E-state index is -0.225. The highest BCUT2D eigenvalue weighted by molar-refractivity contribution is 4.93. The van der Waals surface area contributed by atoms with Gasteiger partial charge in [0.25, 0.3) is 0 Å². The second kappa shape index (κ2) is 5.16. The van der Waals surface area contributed by atoms with E-state index >= 15 is 0 Å². The molecule has 0 fully saturated rings. The third-order valence-corrected chi connectivity index (χ3v) is 1.77. The van der Waals surface area contributed by atoms with Crippen LogP contribution in [0.3, 0.4) is 0 Å². The molecule has 0 atom stereocenters. The molecule has 0 heterocycles. The van der Waals surface area contributed by atoms with Crippen molar-refractivity contribution in [3.8, 4) is 6.07 Å². The van der Waals surface area contributed by atoms with E-state index in [9.17, 15) is 0 Å². The maximum Gasteiger partial charge on any atom is 0.0697 e. The second-order valence-corrected chi connectivity index (χ2v) is 4.35.